The van der Waals surface area contributed by atoms with Crippen molar-refractivity contribution in [2.45, 2.75) is 50.2 Å². The quantitative estimate of drug-likeness (QED) is 0.680. The van der Waals surface area contributed by atoms with Crippen molar-refractivity contribution in [2.75, 3.05) is 43.5 Å². The Kier molecular flexibility index (Phi) is 5.49. The molecule has 1 aromatic heterocycles. The summed E-state index contributed by atoms with van der Waals surface area (Å²) in [4.78, 5) is 16.9. The lowest BCUT2D eigenvalue weighted by Gasteiger charge is -2.28. The van der Waals surface area contributed by atoms with E-state index in [1.807, 2.05) is 11.8 Å². The van der Waals surface area contributed by atoms with Crippen LogP contribution in [0.4, 0.5) is 5.95 Å². The number of allylic oxidation sites excluding steroid dienone is 2. The molecule has 0 radical (unpaired) electrons. The number of nitrogens with zero attached hydrogens (tertiary/aromatic N) is 5. The lowest BCUT2D eigenvalue weighted by atomic mass is 10.3. The van der Waals surface area contributed by atoms with E-state index in [1.54, 1.807) is 0 Å². The lowest BCUT2D eigenvalue weighted by molar-refractivity contribution is -0.126. The molecule has 7 nitrogen and oxygen atoms in total. The van der Waals surface area contributed by atoms with Crippen molar-refractivity contribution in [3.8, 4) is 0 Å². The molecule has 142 valence electrons. The first-order valence-corrected chi connectivity index (χ1v) is 10.7. The van der Waals surface area contributed by atoms with Crippen molar-refractivity contribution < 1.29 is 9.53 Å². The third-order valence-electron chi connectivity index (χ3n) is 5.16. The Balaban J connectivity index is 1.44. The molecular weight excluding hydrogens is 350 g/mol. The van der Waals surface area contributed by atoms with Gasteiger partial charge < -0.3 is 14.5 Å². The minimum atomic E-state index is 0.170. The van der Waals surface area contributed by atoms with Gasteiger partial charge in [0, 0.05) is 31.4 Å². The van der Waals surface area contributed by atoms with Gasteiger partial charge in [-0.1, -0.05) is 17.8 Å². The SMILES string of the molecule is CCN(C(=O)CSc1nnc(N2CCOCC2)n1C1CC1)C1=CCCC1. The Hall–Kier alpha value is -1.54. The number of rotatable bonds is 7. The molecule has 0 aromatic carbocycles. The molecule has 0 atom stereocenters. The van der Waals surface area contributed by atoms with Gasteiger partial charge in [-0.25, -0.2) is 0 Å². The lowest BCUT2D eigenvalue weighted by Crippen LogP contribution is -2.38. The maximum atomic E-state index is 12.7. The third kappa shape index (κ3) is 3.76. The Morgan fingerprint density at radius 1 is 1.35 bits per heavy atom. The van der Waals surface area contributed by atoms with E-state index in [1.165, 1.54) is 30.3 Å². The van der Waals surface area contributed by atoms with Crippen LogP contribution in [0, 0.1) is 0 Å². The van der Waals surface area contributed by atoms with Gasteiger partial charge in [0.05, 0.1) is 19.0 Å². The van der Waals surface area contributed by atoms with E-state index in [4.69, 9.17) is 4.74 Å². The number of ether oxygens (including phenoxy) is 1. The van der Waals surface area contributed by atoms with Crippen molar-refractivity contribution in [1.82, 2.24) is 19.7 Å². The van der Waals surface area contributed by atoms with Crippen molar-refractivity contribution in [3.63, 3.8) is 0 Å². The van der Waals surface area contributed by atoms with Crippen LogP contribution in [-0.4, -0.2) is 64.2 Å². The van der Waals surface area contributed by atoms with E-state index in [-0.39, 0.29) is 5.91 Å². The molecule has 1 amide bonds. The van der Waals surface area contributed by atoms with Gasteiger partial charge in [-0.2, -0.15) is 0 Å². The Bertz CT molecular complexity index is 679. The van der Waals surface area contributed by atoms with E-state index in [0.717, 1.165) is 63.2 Å². The van der Waals surface area contributed by atoms with E-state index in [9.17, 15) is 4.79 Å². The summed E-state index contributed by atoms with van der Waals surface area (Å²) in [5.41, 5.74) is 1.19. The van der Waals surface area contributed by atoms with Crippen LogP contribution in [0.25, 0.3) is 0 Å². The molecule has 1 saturated heterocycles. The minimum absolute atomic E-state index is 0.170. The normalized spacial score (nSPS) is 20.3. The fraction of sp³-hybridized carbons (Fsp3) is 0.722. The number of anilines is 1. The van der Waals surface area contributed by atoms with Crippen LogP contribution in [0.1, 0.15) is 45.1 Å². The molecule has 8 heteroatoms. The van der Waals surface area contributed by atoms with Crippen LogP contribution in [0.3, 0.4) is 0 Å². The number of carbonyl (C=O) groups is 1. The number of amides is 1. The number of hydrogen-bond acceptors (Lipinski definition) is 6. The second kappa shape index (κ2) is 8.00. The first kappa shape index (κ1) is 17.9. The number of aromatic nitrogens is 3. The molecule has 26 heavy (non-hydrogen) atoms. The molecule has 0 bridgehead atoms. The van der Waals surface area contributed by atoms with E-state index in [2.05, 4.69) is 25.7 Å². The molecule has 0 N–H and O–H groups in total. The maximum Gasteiger partial charge on any atom is 0.237 e. The fourth-order valence-electron chi connectivity index (χ4n) is 3.64. The van der Waals surface area contributed by atoms with Gasteiger partial charge in [-0.3, -0.25) is 9.36 Å². The summed E-state index contributed by atoms with van der Waals surface area (Å²) < 4.78 is 7.70. The van der Waals surface area contributed by atoms with Crippen molar-refractivity contribution in [3.05, 3.63) is 11.8 Å². The molecule has 1 aromatic rings. The zero-order valence-electron chi connectivity index (χ0n) is 15.4. The molecule has 2 aliphatic carbocycles. The van der Waals surface area contributed by atoms with Crippen molar-refractivity contribution in [1.29, 1.82) is 0 Å². The zero-order chi connectivity index (χ0) is 17.9. The summed E-state index contributed by atoms with van der Waals surface area (Å²) >= 11 is 1.52. The number of thioether (sulfide) groups is 1. The average Bonchev–Trinajstić information content (AvgIpc) is 3.19. The first-order chi connectivity index (χ1) is 12.8. The molecule has 1 saturated carbocycles. The van der Waals surface area contributed by atoms with E-state index in [0.29, 0.717) is 11.8 Å². The second-order valence-electron chi connectivity index (χ2n) is 7.00. The first-order valence-electron chi connectivity index (χ1n) is 9.67. The van der Waals surface area contributed by atoms with Crippen LogP contribution in [0.15, 0.2) is 16.9 Å². The molecular formula is C18H27N5O2S. The van der Waals surface area contributed by atoms with Crippen molar-refractivity contribution in [2.24, 2.45) is 0 Å². The number of hydrogen-bond donors (Lipinski definition) is 0. The monoisotopic (exact) mass is 377 g/mol. The topological polar surface area (TPSA) is 63.5 Å². The van der Waals surface area contributed by atoms with Crippen LogP contribution >= 0.6 is 11.8 Å². The molecule has 2 heterocycles. The van der Waals surface area contributed by atoms with Gasteiger partial charge in [0.15, 0.2) is 5.16 Å². The zero-order valence-corrected chi connectivity index (χ0v) is 16.2. The van der Waals surface area contributed by atoms with Gasteiger partial charge in [0.1, 0.15) is 0 Å². The van der Waals surface area contributed by atoms with Crippen LogP contribution in [0.2, 0.25) is 0 Å². The summed E-state index contributed by atoms with van der Waals surface area (Å²) in [7, 11) is 0. The highest BCUT2D eigenvalue weighted by Gasteiger charge is 2.32. The predicted molar refractivity (Wildman–Crippen MR) is 101 cm³/mol. The van der Waals surface area contributed by atoms with Crippen molar-refractivity contribution >= 4 is 23.6 Å². The molecule has 1 aliphatic heterocycles. The van der Waals surface area contributed by atoms with Gasteiger partial charge >= 0.3 is 0 Å². The van der Waals surface area contributed by atoms with Crippen LogP contribution in [-0.2, 0) is 9.53 Å². The number of morpholine rings is 1. The highest BCUT2D eigenvalue weighted by atomic mass is 32.2. The fourth-order valence-corrected chi connectivity index (χ4v) is 4.52. The Morgan fingerprint density at radius 2 is 2.15 bits per heavy atom. The molecule has 3 aliphatic rings. The average molecular weight is 378 g/mol. The smallest absolute Gasteiger partial charge is 0.237 e. The minimum Gasteiger partial charge on any atom is -0.378 e. The highest BCUT2D eigenvalue weighted by molar-refractivity contribution is 7.99. The summed E-state index contributed by atoms with van der Waals surface area (Å²) in [5.74, 6) is 1.53. The van der Waals surface area contributed by atoms with Gasteiger partial charge in [-0.15, -0.1) is 10.2 Å². The molecule has 0 unspecified atom stereocenters. The van der Waals surface area contributed by atoms with E-state index < -0.39 is 0 Å². The molecule has 2 fully saturated rings. The summed E-state index contributed by atoms with van der Waals surface area (Å²) in [6.07, 6.45) is 7.81. The molecule has 0 spiro atoms. The summed E-state index contributed by atoms with van der Waals surface area (Å²) in [5, 5.41) is 9.74. The summed E-state index contributed by atoms with van der Waals surface area (Å²) in [6.45, 7) is 5.96. The van der Waals surface area contributed by atoms with Gasteiger partial charge in [-0.05, 0) is 39.0 Å². The Labute approximate surface area is 158 Å². The van der Waals surface area contributed by atoms with Gasteiger partial charge in [0.2, 0.25) is 11.9 Å². The van der Waals surface area contributed by atoms with E-state index >= 15 is 0 Å². The highest BCUT2D eigenvalue weighted by Crippen LogP contribution is 2.41. The molecule has 4 rings (SSSR count). The third-order valence-corrected chi connectivity index (χ3v) is 6.09. The maximum absolute atomic E-state index is 12.7. The van der Waals surface area contributed by atoms with Crippen LogP contribution in [0.5, 0.6) is 0 Å². The standard InChI is InChI=1S/C18H27N5O2S/c1-2-22(14-5-3-4-6-14)16(24)13-26-18-20-19-17(23(18)15-7-8-15)21-9-11-25-12-10-21/h5,15H,2-4,6-13H2,1H3. The summed E-state index contributed by atoms with van der Waals surface area (Å²) in [6, 6.07) is 0.486. The van der Waals surface area contributed by atoms with Crippen LogP contribution < -0.4 is 4.90 Å². The predicted octanol–water partition coefficient (Wildman–Crippen LogP) is 2.46. The van der Waals surface area contributed by atoms with Gasteiger partial charge in [0.25, 0.3) is 0 Å². The largest absolute Gasteiger partial charge is 0.378 e. The number of carbonyl (C=O) groups excluding carboxylic acids is 1. The Morgan fingerprint density at radius 3 is 2.81 bits per heavy atom. The second-order valence-corrected chi connectivity index (χ2v) is 7.94.